The van der Waals surface area contributed by atoms with Gasteiger partial charge in [-0.3, -0.25) is 0 Å². The summed E-state index contributed by atoms with van der Waals surface area (Å²) in [7, 11) is 0. The van der Waals surface area contributed by atoms with E-state index in [1.54, 1.807) is 17.5 Å². The van der Waals surface area contributed by atoms with E-state index in [1.165, 1.54) is 0 Å². The van der Waals surface area contributed by atoms with Crippen LogP contribution in [-0.2, 0) is 6.54 Å². The lowest BCUT2D eigenvalue weighted by molar-refractivity contribution is 0.368. The highest BCUT2D eigenvalue weighted by Crippen LogP contribution is 2.16. The predicted octanol–water partition coefficient (Wildman–Crippen LogP) is 2.66. The number of anilines is 1. The van der Waals surface area contributed by atoms with Crippen molar-refractivity contribution >= 4 is 17.0 Å². The Balaban J connectivity index is 1.88. The third-order valence-corrected chi connectivity index (χ3v) is 2.86. The summed E-state index contributed by atoms with van der Waals surface area (Å²) in [6.07, 6.45) is 1.79. The van der Waals surface area contributed by atoms with E-state index in [9.17, 15) is 0 Å². The molecule has 1 heterocycles. The lowest BCUT2D eigenvalue weighted by Gasteiger charge is -2.05. The molecule has 0 fully saturated rings. The zero-order valence-corrected chi connectivity index (χ0v) is 9.91. The molecular formula is C12H11N3OS. The van der Waals surface area contributed by atoms with E-state index >= 15 is 0 Å². The van der Waals surface area contributed by atoms with Gasteiger partial charge in [0.2, 0.25) is 0 Å². The average Bonchev–Trinajstić information content (AvgIpc) is 2.88. The molecule has 2 rings (SSSR count). The second-order valence-corrected chi connectivity index (χ2v) is 4.23. The molecule has 0 aliphatic rings. The number of nitrogens with zero attached hydrogens (tertiary/aromatic N) is 2. The van der Waals surface area contributed by atoms with Gasteiger partial charge in [0.1, 0.15) is 16.8 Å². The Morgan fingerprint density at radius 1 is 1.35 bits per heavy atom. The quantitative estimate of drug-likeness (QED) is 0.879. The van der Waals surface area contributed by atoms with E-state index in [0.717, 1.165) is 17.2 Å². The largest absolute Gasteiger partial charge is 0.479 e. The van der Waals surface area contributed by atoms with E-state index in [0.29, 0.717) is 5.75 Å². The summed E-state index contributed by atoms with van der Waals surface area (Å²) < 4.78 is 5.16. The van der Waals surface area contributed by atoms with Crippen molar-refractivity contribution < 1.29 is 4.74 Å². The molecule has 4 nitrogen and oxygen atoms in total. The van der Waals surface area contributed by atoms with Gasteiger partial charge in [-0.25, -0.2) is 4.98 Å². The van der Waals surface area contributed by atoms with E-state index in [1.807, 2.05) is 35.7 Å². The van der Waals surface area contributed by atoms with Crippen LogP contribution in [0.3, 0.4) is 0 Å². The molecule has 2 aromatic rings. The Morgan fingerprint density at radius 2 is 2.18 bits per heavy atom. The van der Waals surface area contributed by atoms with Crippen LogP contribution < -0.4 is 10.1 Å². The van der Waals surface area contributed by atoms with Crippen molar-refractivity contribution in [2.75, 3.05) is 11.9 Å². The first kappa shape index (κ1) is 11.4. The molecule has 0 aliphatic heterocycles. The molecule has 0 aliphatic carbocycles. The third-order valence-electron chi connectivity index (χ3n) is 2.08. The molecule has 0 unspecified atom stereocenters. The van der Waals surface area contributed by atoms with Gasteiger partial charge in [-0.2, -0.15) is 5.26 Å². The van der Waals surface area contributed by atoms with Gasteiger partial charge < -0.3 is 10.1 Å². The van der Waals surface area contributed by atoms with E-state index in [2.05, 4.69) is 10.3 Å². The van der Waals surface area contributed by atoms with Gasteiger partial charge in [-0.05, 0) is 24.3 Å². The Bertz CT molecular complexity index is 487. The molecule has 0 atom stereocenters. The van der Waals surface area contributed by atoms with Crippen molar-refractivity contribution in [2.24, 2.45) is 0 Å². The van der Waals surface area contributed by atoms with Gasteiger partial charge in [0.15, 0.2) is 6.61 Å². The number of nitrogens with one attached hydrogen (secondary N) is 1. The molecular weight excluding hydrogens is 234 g/mol. The molecule has 0 saturated heterocycles. The normalized spacial score (nSPS) is 9.59. The molecule has 0 amide bonds. The van der Waals surface area contributed by atoms with Crippen molar-refractivity contribution in [3.63, 3.8) is 0 Å². The second kappa shape index (κ2) is 5.87. The second-order valence-electron chi connectivity index (χ2n) is 3.25. The van der Waals surface area contributed by atoms with E-state index in [4.69, 9.17) is 10.00 Å². The highest BCUT2D eigenvalue weighted by molar-refractivity contribution is 7.09. The van der Waals surface area contributed by atoms with Crippen molar-refractivity contribution in [3.05, 3.63) is 40.8 Å². The smallest absolute Gasteiger partial charge is 0.174 e. The first-order chi connectivity index (χ1) is 8.38. The number of thiazole rings is 1. The molecule has 1 aromatic heterocycles. The average molecular weight is 245 g/mol. The highest BCUT2D eigenvalue weighted by atomic mass is 32.1. The number of benzene rings is 1. The zero-order valence-electron chi connectivity index (χ0n) is 9.09. The van der Waals surface area contributed by atoms with E-state index in [-0.39, 0.29) is 6.61 Å². The maximum absolute atomic E-state index is 8.38. The topological polar surface area (TPSA) is 57.9 Å². The maximum Gasteiger partial charge on any atom is 0.174 e. The number of aromatic nitrogens is 1. The lowest BCUT2D eigenvalue weighted by atomic mass is 10.3. The number of hydrogen-bond donors (Lipinski definition) is 1. The Labute approximate surface area is 103 Å². The van der Waals surface area contributed by atoms with Crippen LogP contribution >= 0.6 is 11.3 Å². The Hall–Kier alpha value is -2.06. The fraction of sp³-hybridized carbons (Fsp3) is 0.167. The van der Waals surface area contributed by atoms with Gasteiger partial charge in [0.05, 0.1) is 6.54 Å². The summed E-state index contributed by atoms with van der Waals surface area (Å²) in [5, 5.41) is 14.6. The van der Waals surface area contributed by atoms with Gasteiger partial charge in [-0.15, -0.1) is 11.3 Å². The van der Waals surface area contributed by atoms with Crippen LogP contribution in [0.2, 0.25) is 0 Å². The van der Waals surface area contributed by atoms with Gasteiger partial charge >= 0.3 is 0 Å². The van der Waals surface area contributed by atoms with Crippen LogP contribution in [-0.4, -0.2) is 11.6 Å². The summed E-state index contributed by atoms with van der Waals surface area (Å²) in [6, 6.07) is 9.43. The Morgan fingerprint density at radius 3 is 2.82 bits per heavy atom. The first-order valence-corrected chi connectivity index (χ1v) is 5.98. The molecule has 1 aromatic carbocycles. The van der Waals surface area contributed by atoms with Crippen molar-refractivity contribution in [2.45, 2.75) is 6.54 Å². The Kier molecular flexibility index (Phi) is 3.95. The summed E-state index contributed by atoms with van der Waals surface area (Å²) >= 11 is 1.62. The number of nitriles is 1. The zero-order chi connectivity index (χ0) is 11.9. The molecule has 17 heavy (non-hydrogen) atoms. The number of rotatable bonds is 5. The van der Waals surface area contributed by atoms with Crippen LogP contribution in [0.4, 0.5) is 5.69 Å². The maximum atomic E-state index is 8.38. The monoisotopic (exact) mass is 245 g/mol. The highest BCUT2D eigenvalue weighted by Gasteiger charge is 1.97. The summed E-state index contributed by atoms with van der Waals surface area (Å²) in [5.41, 5.74) is 1.00. The molecule has 5 heteroatoms. The minimum absolute atomic E-state index is 0.0753. The SMILES string of the molecule is N#CCOc1ccc(NCc2nccs2)cc1. The fourth-order valence-electron chi connectivity index (χ4n) is 1.30. The van der Waals surface area contributed by atoms with Crippen LogP contribution in [0.5, 0.6) is 5.75 Å². The van der Waals surface area contributed by atoms with Crippen LogP contribution in [0.1, 0.15) is 5.01 Å². The lowest BCUT2D eigenvalue weighted by Crippen LogP contribution is -1.99. The third kappa shape index (κ3) is 3.47. The standard InChI is InChI=1S/C12H11N3OS/c13-5-7-16-11-3-1-10(2-4-11)15-9-12-14-6-8-17-12/h1-4,6,8,15H,7,9H2. The van der Waals surface area contributed by atoms with Crippen LogP contribution in [0.25, 0.3) is 0 Å². The van der Waals surface area contributed by atoms with Gasteiger partial charge in [0, 0.05) is 17.3 Å². The molecule has 86 valence electrons. The molecule has 0 saturated carbocycles. The van der Waals surface area contributed by atoms with Crippen molar-refractivity contribution in [1.82, 2.24) is 4.98 Å². The number of hydrogen-bond acceptors (Lipinski definition) is 5. The van der Waals surface area contributed by atoms with Crippen molar-refractivity contribution in [1.29, 1.82) is 5.26 Å². The minimum atomic E-state index is 0.0753. The molecule has 1 N–H and O–H groups in total. The molecule has 0 spiro atoms. The minimum Gasteiger partial charge on any atom is -0.479 e. The summed E-state index contributed by atoms with van der Waals surface area (Å²) in [5.74, 6) is 0.700. The summed E-state index contributed by atoms with van der Waals surface area (Å²) in [6.45, 7) is 0.794. The summed E-state index contributed by atoms with van der Waals surface area (Å²) in [4.78, 5) is 4.18. The van der Waals surface area contributed by atoms with Crippen molar-refractivity contribution in [3.8, 4) is 11.8 Å². The number of ether oxygens (including phenoxy) is 1. The molecule has 0 radical (unpaired) electrons. The van der Waals surface area contributed by atoms with Crippen LogP contribution in [0, 0.1) is 11.3 Å². The van der Waals surface area contributed by atoms with Gasteiger partial charge in [-0.1, -0.05) is 0 Å². The van der Waals surface area contributed by atoms with E-state index < -0.39 is 0 Å². The fourth-order valence-corrected chi connectivity index (χ4v) is 1.86. The van der Waals surface area contributed by atoms with Gasteiger partial charge in [0.25, 0.3) is 0 Å². The van der Waals surface area contributed by atoms with Crippen LogP contribution in [0.15, 0.2) is 35.8 Å². The molecule has 0 bridgehead atoms. The predicted molar refractivity (Wildman–Crippen MR) is 67.0 cm³/mol. The first-order valence-electron chi connectivity index (χ1n) is 5.10.